The molecule has 1 amide bonds. The van der Waals surface area contributed by atoms with Crippen molar-refractivity contribution in [3.8, 4) is 11.5 Å². The van der Waals surface area contributed by atoms with Gasteiger partial charge in [0.25, 0.3) is 5.91 Å². The Labute approximate surface area is 166 Å². The smallest absolute Gasteiger partial charge is 0.254 e. The Morgan fingerprint density at radius 3 is 2.41 bits per heavy atom. The molecule has 2 heterocycles. The van der Waals surface area contributed by atoms with Crippen molar-refractivity contribution in [3.05, 3.63) is 42.2 Å². The second-order valence-corrected chi connectivity index (χ2v) is 6.36. The van der Waals surface area contributed by atoms with Crippen LogP contribution in [0.1, 0.15) is 16.8 Å². The van der Waals surface area contributed by atoms with E-state index < -0.39 is 0 Å². The summed E-state index contributed by atoms with van der Waals surface area (Å²) in [5.41, 5.74) is 0.603. The van der Waals surface area contributed by atoms with Gasteiger partial charge in [0.05, 0.1) is 20.8 Å². The number of aromatic nitrogens is 2. The molecular formula is C19H27ClN4O3. The summed E-state index contributed by atoms with van der Waals surface area (Å²) in [4.78, 5) is 17.2. The first-order valence-electron chi connectivity index (χ1n) is 8.91. The minimum absolute atomic E-state index is 0. The molecule has 0 atom stereocenters. The van der Waals surface area contributed by atoms with Crippen LogP contribution in [0.25, 0.3) is 0 Å². The van der Waals surface area contributed by atoms with Gasteiger partial charge in [0, 0.05) is 50.2 Å². The molecule has 0 spiro atoms. The third kappa shape index (κ3) is 5.61. The normalized spacial score (nSPS) is 15.0. The molecule has 27 heavy (non-hydrogen) atoms. The predicted molar refractivity (Wildman–Crippen MR) is 106 cm³/mol. The number of carbonyl (C=O) groups is 1. The first-order valence-corrected chi connectivity index (χ1v) is 8.91. The number of hydrogen-bond donors (Lipinski definition) is 0. The number of halogens is 1. The molecule has 2 aromatic rings. The Morgan fingerprint density at radius 1 is 1.04 bits per heavy atom. The minimum Gasteiger partial charge on any atom is -0.497 e. The summed E-state index contributed by atoms with van der Waals surface area (Å²) in [5.74, 6) is 1.28. The molecule has 0 N–H and O–H groups in total. The molecule has 0 unspecified atom stereocenters. The van der Waals surface area contributed by atoms with Gasteiger partial charge in [-0.2, -0.15) is 5.10 Å². The third-order valence-electron chi connectivity index (χ3n) is 4.68. The van der Waals surface area contributed by atoms with Gasteiger partial charge < -0.3 is 14.4 Å². The van der Waals surface area contributed by atoms with Crippen LogP contribution in [0.4, 0.5) is 0 Å². The van der Waals surface area contributed by atoms with Crippen molar-refractivity contribution in [2.45, 2.75) is 13.0 Å². The lowest BCUT2D eigenvalue weighted by molar-refractivity contribution is 0.0760. The summed E-state index contributed by atoms with van der Waals surface area (Å²) in [6.45, 7) is 5.15. The lowest BCUT2D eigenvalue weighted by Gasteiger charge is -2.22. The van der Waals surface area contributed by atoms with Gasteiger partial charge in [0.15, 0.2) is 0 Å². The highest BCUT2D eigenvalue weighted by atomic mass is 35.5. The fourth-order valence-electron chi connectivity index (χ4n) is 3.19. The Balaban J connectivity index is 0.00000261. The van der Waals surface area contributed by atoms with Gasteiger partial charge >= 0.3 is 0 Å². The van der Waals surface area contributed by atoms with E-state index in [-0.39, 0.29) is 18.3 Å². The summed E-state index contributed by atoms with van der Waals surface area (Å²) >= 11 is 0. The van der Waals surface area contributed by atoms with E-state index in [0.29, 0.717) is 17.1 Å². The zero-order valence-corrected chi connectivity index (χ0v) is 16.7. The van der Waals surface area contributed by atoms with E-state index in [9.17, 15) is 4.79 Å². The van der Waals surface area contributed by atoms with Crippen molar-refractivity contribution >= 4 is 18.3 Å². The monoisotopic (exact) mass is 394 g/mol. The highest BCUT2D eigenvalue weighted by molar-refractivity contribution is 5.95. The Bertz CT molecular complexity index is 701. The summed E-state index contributed by atoms with van der Waals surface area (Å²) in [6, 6.07) is 7.25. The van der Waals surface area contributed by atoms with Gasteiger partial charge in [0.1, 0.15) is 11.5 Å². The van der Waals surface area contributed by atoms with Crippen molar-refractivity contribution in [2.75, 3.05) is 46.9 Å². The maximum Gasteiger partial charge on any atom is 0.254 e. The van der Waals surface area contributed by atoms with Gasteiger partial charge in [-0.3, -0.25) is 14.4 Å². The molecule has 1 aromatic heterocycles. The number of methoxy groups -OCH3 is 2. The average Bonchev–Trinajstić information content (AvgIpc) is 3.09. The number of amides is 1. The van der Waals surface area contributed by atoms with Crippen LogP contribution in [0.15, 0.2) is 36.7 Å². The quantitative estimate of drug-likeness (QED) is 0.751. The summed E-state index contributed by atoms with van der Waals surface area (Å²) in [6.07, 6.45) is 4.74. The number of carbonyl (C=O) groups excluding carboxylic acids is 1. The molecular weight excluding hydrogens is 368 g/mol. The van der Waals surface area contributed by atoms with E-state index in [1.165, 1.54) is 0 Å². The molecule has 1 fully saturated rings. The predicted octanol–water partition coefficient (Wildman–Crippen LogP) is 2.17. The van der Waals surface area contributed by atoms with E-state index in [4.69, 9.17) is 9.47 Å². The topological polar surface area (TPSA) is 59.8 Å². The van der Waals surface area contributed by atoms with Crippen LogP contribution >= 0.6 is 12.4 Å². The van der Waals surface area contributed by atoms with Crippen LogP contribution in [0, 0.1) is 0 Å². The van der Waals surface area contributed by atoms with E-state index in [0.717, 1.165) is 45.7 Å². The van der Waals surface area contributed by atoms with Gasteiger partial charge in [0.2, 0.25) is 0 Å². The standard InChI is InChI=1S/C19H26N4O3.ClH/c1-25-17-13-16(14-18(15-17)26-2)19(24)22-7-4-6-21(9-11-22)10-12-23-8-3-5-20-23;/h3,5,8,13-15H,4,6-7,9-12H2,1-2H3;1H. The molecule has 1 saturated heterocycles. The zero-order chi connectivity index (χ0) is 18.4. The molecule has 1 aromatic carbocycles. The van der Waals surface area contributed by atoms with Crippen LogP contribution in [-0.2, 0) is 6.54 Å². The first-order chi connectivity index (χ1) is 12.7. The molecule has 7 nitrogen and oxygen atoms in total. The Hall–Kier alpha value is -2.25. The lowest BCUT2D eigenvalue weighted by atomic mass is 10.1. The van der Waals surface area contributed by atoms with Crippen LogP contribution in [-0.4, -0.2) is 72.4 Å². The number of rotatable bonds is 6. The van der Waals surface area contributed by atoms with Gasteiger partial charge in [-0.1, -0.05) is 0 Å². The number of nitrogens with zero attached hydrogens (tertiary/aromatic N) is 4. The van der Waals surface area contributed by atoms with E-state index in [1.54, 1.807) is 38.6 Å². The number of ether oxygens (including phenoxy) is 2. The number of hydrogen-bond acceptors (Lipinski definition) is 5. The second-order valence-electron chi connectivity index (χ2n) is 6.36. The zero-order valence-electron chi connectivity index (χ0n) is 15.8. The minimum atomic E-state index is 0. The van der Waals surface area contributed by atoms with Crippen molar-refractivity contribution in [3.63, 3.8) is 0 Å². The maximum atomic E-state index is 12.9. The third-order valence-corrected chi connectivity index (χ3v) is 4.68. The molecule has 0 bridgehead atoms. The number of benzene rings is 1. The molecule has 148 valence electrons. The molecule has 3 rings (SSSR count). The van der Waals surface area contributed by atoms with Crippen molar-refractivity contribution in [2.24, 2.45) is 0 Å². The molecule has 1 aliphatic rings. The average molecular weight is 395 g/mol. The first kappa shape index (κ1) is 21.1. The maximum absolute atomic E-state index is 12.9. The van der Waals surface area contributed by atoms with Gasteiger partial charge in [-0.05, 0) is 31.2 Å². The van der Waals surface area contributed by atoms with Crippen LogP contribution in [0.3, 0.4) is 0 Å². The van der Waals surface area contributed by atoms with Crippen molar-refractivity contribution < 1.29 is 14.3 Å². The van der Waals surface area contributed by atoms with Gasteiger partial charge in [-0.15, -0.1) is 12.4 Å². The molecule has 0 aliphatic carbocycles. The Kier molecular flexibility index (Phi) is 7.94. The second kappa shape index (κ2) is 10.2. The van der Waals surface area contributed by atoms with Crippen LogP contribution < -0.4 is 9.47 Å². The highest BCUT2D eigenvalue weighted by Crippen LogP contribution is 2.23. The summed E-state index contributed by atoms with van der Waals surface area (Å²) in [5, 5.41) is 4.24. The van der Waals surface area contributed by atoms with Crippen LogP contribution in [0.5, 0.6) is 11.5 Å². The van der Waals surface area contributed by atoms with Crippen molar-refractivity contribution in [1.82, 2.24) is 19.6 Å². The molecule has 8 heteroatoms. The van der Waals surface area contributed by atoms with E-state index in [1.807, 2.05) is 21.8 Å². The molecule has 0 radical (unpaired) electrons. The SMILES string of the molecule is COc1cc(OC)cc(C(=O)N2CCCN(CCn3cccn3)CC2)c1.Cl. The molecule has 1 aliphatic heterocycles. The lowest BCUT2D eigenvalue weighted by Crippen LogP contribution is -2.36. The van der Waals surface area contributed by atoms with Crippen LogP contribution in [0.2, 0.25) is 0 Å². The fourth-order valence-corrected chi connectivity index (χ4v) is 3.19. The van der Waals surface area contributed by atoms with E-state index in [2.05, 4.69) is 10.00 Å². The molecule has 0 saturated carbocycles. The van der Waals surface area contributed by atoms with Gasteiger partial charge in [-0.25, -0.2) is 0 Å². The Morgan fingerprint density at radius 2 is 1.78 bits per heavy atom. The summed E-state index contributed by atoms with van der Waals surface area (Å²) < 4.78 is 12.5. The van der Waals surface area contributed by atoms with Crippen molar-refractivity contribution in [1.29, 1.82) is 0 Å². The summed E-state index contributed by atoms with van der Waals surface area (Å²) in [7, 11) is 3.18. The fraction of sp³-hybridized carbons (Fsp3) is 0.474. The highest BCUT2D eigenvalue weighted by Gasteiger charge is 2.21. The van der Waals surface area contributed by atoms with E-state index >= 15 is 0 Å². The largest absolute Gasteiger partial charge is 0.497 e.